The first kappa shape index (κ1) is 17.9. The molecule has 2 aromatic carbocycles. The summed E-state index contributed by atoms with van der Waals surface area (Å²) in [6.45, 7) is 2.68. The number of aromatic nitrogens is 3. The first-order chi connectivity index (χ1) is 14.0. The van der Waals surface area contributed by atoms with Crippen molar-refractivity contribution in [3.05, 3.63) is 86.0 Å². The standard InChI is InChI=1S/C22H20N4O2S/c1-12-5-4-6-13(11-12)26-21(28)17(20(27)25-22(26)29)19-18-15(9-10-23-19)14-7-2-3-8-16(14)24-18/h2-8,11,19,23-24,28H,9-10H2,1H3,(H,25,27,29)/t19-/m1/s1. The lowest BCUT2D eigenvalue weighted by Crippen LogP contribution is -2.35. The van der Waals surface area contributed by atoms with Crippen LogP contribution >= 0.6 is 12.2 Å². The Hall–Kier alpha value is -3.16. The number of aromatic hydroxyl groups is 1. The molecule has 1 atom stereocenters. The monoisotopic (exact) mass is 404 g/mol. The van der Waals surface area contributed by atoms with Gasteiger partial charge in [-0.2, -0.15) is 0 Å². The number of fused-ring (bicyclic) bond motifs is 3. The number of H-pyrrole nitrogens is 2. The van der Waals surface area contributed by atoms with Crippen molar-refractivity contribution < 1.29 is 5.11 Å². The summed E-state index contributed by atoms with van der Waals surface area (Å²) >= 11 is 5.36. The molecule has 4 aromatic rings. The van der Waals surface area contributed by atoms with Gasteiger partial charge in [-0.1, -0.05) is 30.3 Å². The van der Waals surface area contributed by atoms with Gasteiger partial charge in [-0.3, -0.25) is 14.3 Å². The molecule has 3 heterocycles. The average Bonchev–Trinajstić information content (AvgIpc) is 3.07. The number of nitrogens with one attached hydrogen (secondary N) is 3. The van der Waals surface area contributed by atoms with E-state index in [4.69, 9.17) is 12.2 Å². The minimum atomic E-state index is -0.457. The van der Waals surface area contributed by atoms with Crippen molar-refractivity contribution in [2.45, 2.75) is 19.4 Å². The average molecular weight is 404 g/mol. The fourth-order valence-corrected chi connectivity index (χ4v) is 4.52. The zero-order chi connectivity index (χ0) is 20.1. The Labute approximate surface area is 171 Å². The molecule has 0 saturated heterocycles. The van der Waals surface area contributed by atoms with Gasteiger partial charge in [0.2, 0.25) is 5.88 Å². The number of hydrogen-bond acceptors (Lipinski definition) is 4. The van der Waals surface area contributed by atoms with Gasteiger partial charge in [0, 0.05) is 23.1 Å². The lowest BCUT2D eigenvalue weighted by atomic mass is 9.95. The maximum Gasteiger partial charge on any atom is 0.260 e. The maximum atomic E-state index is 12.9. The number of aryl methyl sites for hydroxylation is 1. The Balaban J connectivity index is 1.75. The Morgan fingerprint density at radius 3 is 2.79 bits per heavy atom. The van der Waals surface area contributed by atoms with Crippen LogP contribution in [0.2, 0.25) is 0 Å². The third-order valence-electron chi connectivity index (χ3n) is 5.53. The normalized spacial score (nSPS) is 16.1. The fourth-order valence-electron chi connectivity index (χ4n) is 4.23. The van der Waals surface area contributed by atoms with Crippen LogP contribution in [0.4, 0.5) is 0 Å². The second-order valence-corrected chi connectivity index (χ2v) is 7.76. The van der Waals surface area contributed by atoms with Crippen molar-refractivity contribution >= 4 is 23.1 Å². The van der Waals surface area contributed by atoms with Gasteiger partial charge in [-0.25, -0.2) is 0 Å². The zero-order valence-corrected chi connectivity index (χ0v) is 16.6. The van der Waals surface area contributed by atoms with Crippen molar-refractivity contribution in [3.8, 4) is 11.6 Å². The predicted octanol–water partition coefficient (Wildman–Crippen LogP) is 3.63. The maximum absolute atomic E-state index is 12.9. The lowest BCUT2D eigenvalue weighted by molar-refractivity contribution is 0.412. The van der Waals surface area contributed by atoms with Crippen LogP contribution in [0, 0.1) is 11.7 Å². The molecule has 7 heteroatoms. The second kappa shape index (κ2) is 6.72. The Bertz CT molecular complexity index is 1370. The fraction of sp³-hybridized carbons (Fsp3) is 0.182. The minimum absolute atomic E-state index is 0.145. The number of para-hydroxylation sites is 1. The van der Waals surface area contributed by atoms with E-state index in [1.807, 2.05) is 49.4 Å². The van der Waals surface area contributed by atoms with Crippen LogP contribution in [-0.4, -0.2) is 26.2 Å². The molecule has 1 aliphatic heterocycles. The smallest absolute Gasteiger partial charge is 0.260 e. The molecule has 5 rings (SSSR count). The van der Waals surface area contributed by atoms with Crippen LogP contribution in [0.15, 0.2) is 53.3 Å². The van der Waals surface area contributed by atoms with Gasteiger partial charge in [-0.05, 0) is 54.9 Å². The summed E-state index contributed by atoms with van der Waals surface area (Å²) in [6.07, 6.45) is 0.853. The van der Waals surface area contributed by atoms with Crippen LogP contribution in [0.1, 0.15) is 28.4 Å². The molecule has 0 aliphatic carbocycles. The van der Waals surface area contributed by atoms with Crippen molar-refractivity contribution in [2.24, 2.45) is 0 Å². The highest BCUT2D eigenvalue weighted by molar-refractivity contribution is 7.71. The van der Waals surface area contributed by atoms with Gasteiger partial charge in [0.15, 0.2) is 4.77 Å². The van der Waals surface area contributed by atoms with Gasteiger partial charge in [-0.15, -0.1) is 0 Å². The summed E-state index contributed by atoms with van der Waals surface area (Å²) in [5.74, 6) is -0.145. The topological polar surface area (TPSA) is 85.8 Å². The lowest BCUT2D eigenvalue weighted by Gasteiger charge is -2.25. The van der Waals surface area contributed by atoms with E-state index in [1.165, 1.54) is 10.1 Å². The van der Waals surface area contributed by atoms with Crippen LogP contribution < -0.4 is 10.9 Å². The third-order valence-corrected chi connectivity index (χ3v) is 5.81. The molecule has 0 amide bonds. The van der Waals surface area contributed by atoms with E-state index in [1.54, 1.807) is 0 Å². The molecule has 4 N–H and O–H groups in total. The quantitative estimate of drug-likeness (QED) is 0.385. The van der Waals surface area contributed by atoms with E-state index in [9.17, 15) is 9.90 Å². The van der Waals surface area contributed by atoms with Gasteiger partial charge < -0.3 is 15.4 Å². The van der Waals surface area contributed by atoms with E-state index >= 15 is 0 Å². The Morgan fingerprint density at radius 2 is 1.97 bits per heavy atom. The Kier molecular flexibility index (Phi) is 4.15. The zero-order valence-electron chi connectivity index (χ0n) is 15.8. The van der Waals surface area contributed by atoms with E-state index in [0.717, 1.165) is 28.6 Å². The largest absolute Gasteiger partial charge is 0.494 e. The summed E-state index contributed by atoms with van der Waals surface area (Å²) in [5, 5.41) is 15.7. The highest BCUT2D eigenvalue weighted by Gasteiger charge is 2.30. The summed E-state index contributed by atoms with van der Waals surface area (Å²) < 4.78 is 1.67. The number of hydrogen-bond donors (Lipinski definition) is 4. The Morgan fingerprint density at radius 1 is 1.14 bits per heavy atom. The molecule has 2 aromatic heterocycles. The van der Waals surface area contributed by atoms with E-state index in [0.29, 0.717) is 12.2 Å². The van der Waals surface area contributed by atoms with Gasteiger partial charge >= 0.3 is 0 Å². The van der Waals surface area contributed by atoms with Crippen LogP contribution in [0.25, 0.3) is 16.6 Å². The van der Waals surface area contributed by atoms with Crippen molar-refractivity contribution in [1.29, 1.82) is 0 Å². The summed E-state index contributed by atoms with van der Waals surface area (Å²) in [6, 6.07) is 15.3. The van der Waals surface area contributed by atoms with Crippen LogP contribution in [0.5, 0.6) is 5.88 Å². The molecule has 0 saturated carbocycles. The number of benzene rings is 2. The second-order valence-electron chi connectivity index (χ2n) is 7.37. The SMILES string of the molecule is Cc1cccc(-n2c(O)c([C@H]3NCCc4c3[nH]c3ccccc43)c(=O)[nH]c2=S)c1. The molecular weight excluding hydrogens is 384 g/mol. The molecule has 146 valence electrons. The number of nitrogens with zero attached hydrogens (tertiary/aromatic N) is 1. The first-order valence-corrected chi connectivity index (χ1v) is 9.93. The van der Waals surface area contributed by atoms with Gasteiger partial charge in [0.1, 0.15) is 5.56 Å². The van der Waals surface area contributed by atoms with Crippen LogP contribution in [-0.2, 0) is 6.42 Å². The van der Waals surface area contributed by atoms with Crippen molar-refractivity contribution in [1.82, 2.24) is 19.9 Å². The van der Waals surface area contributed by atoms with E-state index in [2.05, 4.69) is 21.4 Å². The highest BCUT2D eigenvalue weighted by atomic mass is 32.1. The predicted molar refractivity (Wildman–Crippen MR) is 115 cm³/mol. The van der Waals surface area contributed by atoms with E-state index < -0.39 is 6.04 Å². The molecule has 29 heavy (non-hydrogen) atoms. The molecule has 0 spiro atoms. The molecule has 6 nitrogen and oxygen atoms in total. The highest BCUT2D eigenvalue weighted by Crippen LogP contribution is 2.35. The first-order valence-electron chi connectivity index (χ1n) is 9.52. The van der Waals surface area contributed by atoms with Crippen molar-refractivity contribution in [3.63, 3.8) is 0 Å². The van der Waals surface area contributed by atoms with E-state index in [-0.39, 0.29) is 21.8 Å². The number of aromatic amines is 2. The number of rotatable bonds is 2. The summed E-state index contributed by atoms with van der Waals surface area (Å²) in [5.41, 5.74) is 4.71. The molecule has 0 fully saturated rings. The molecule has 0 radical (unpaired) electrons. The summed E-state index contributed by atoms with van der Waals surface area (Å²) in [4.78, 5) is 19.1. The van der Waals surface area contributed by atoms with Gasteiger partial charge in [0.25, 0.3) is 5.56 Å². The van der Waals surface area contributed by atoms with Gasteiger partial charge in [0.05, 0.1) is 11.7 Å². The summed E-state index contributed by atoms with van der Waals surface area (Å²) in [7, 11) is 0. The molecule has 0 unspecified atom stereocenters. The molecule has 1 aliphatic rings. The minimum Gasteiger partial charge on any atom is -0.494 e. The molecular formula is C22H20N4O2S. The van der Waals surface area contributed by atoms with Crippen molar-refractivity contribution in [2.75, 3.05) is 6.54 Å². The van der Waals surface area contributed by atoms with Crippen LogP contribution in [0.3, 0.4) is 0 Å². The third kappa shape index (κ3) is 2.82. The molecule has 0 bridgehead atoms.